The molecule has 1 aromatic rings. The Morgan fingerprint density at radius 1 is 1.43 bits per heavy atom. The minimum absolute atomic E-state index is 0.166. The Labute approximate surface area is 84.7 Å². The Morgan fingerprint density at radius 2 is 2.14 bits per heavy atom. The number of rotatable bonds is 2. The van der Waals surface area contributed by atoms with E-state index in [2.05, 4.69) is 0 Å². The maximum absolute atomic E-state index is 13.2. The minimum Gasteiger partial charge on any atom is -0.281 e. The first-order valence-corrected chi connectivity index (χ1v) is 4.61. The molecule has 1 fully saturated rings. The fraction of sp³-hybridized carbons (Fsp3) is 0.300. The average molecular weight is 217 g/mol. The van der Waals surface area contributed by atoms with Crippen LogP contribution in [0.2, 0.25) is 0 Å². The van der Waals surface area contributed by atoms with Crippen molar-refractivity contribution in [3.8, 4) is 0 Å². The van der Waals surface area contributed by atoms with Crippen molar-refractivity contribution in [1.82, 2.24) is 0 Å². The van der Waals surface area contributed by atoms with E-state index in [4.69, 9.17) is 11.6 Å². The highest BCUT2D eigenvalue weighted by Crippen LogP contribution is 2.49. The van der Waals surface area contributed by atoms with Gasteiger partial charge in [-0.3, -0.25) is 4.79 Å². The van der Waals surface area contributed by atoms with Crippen LogP contribution in [0, 0.1) is 17.6 Å². The fourth-order valence-corrected chi connectivity index (χ4v) is 1.83. The summed E-state index contributed by atoms with van der Waals surface area (Å²) >= 11 is 5.27. The fourth-order valence-electron chi connectivity index (χ4n) is 1.59. The highest BCUT2D eigenvalue weighted by Gasteiger charge is 2.44. The lowest BCUT2D eigenvalue weighted by molar-refractivity contribution is -0.112. The number of benzene rings is 1. The van der Waals surface area contributed by atoms with E-state index < -0.39 is 16.9 Å². The predicted octanol–water partition coefficient (Wildman–Crippen LogP) is 2.83. The summed E-state index contributed by atoms with van der Waals surface area (Å²) in [6, 6.07) is 3.38. The number of carbonyl (C=O) groups is 1. The molecule has 1 saturated carbocycles. The van der Waals surface area contributed by atoms with E-state index >= 15 is 0 Å². The monoisotopic (exact) mass is 216 g/mol. The van der Waals surface area contributed by atoms with E-state index in [1.807, 2.05) is 0 Å². The van der Waals surface area contributed by atoms with Gasteiger partial charge in [0.05, 0.1) is 0 Å². The summed E-state index contributed by atoms with van der Waals surface area (Å²) in [5.41, 5.74) is 0.380. The van der Waals surface area contributed by atoms with Crippen molar-refractivity contribution in [2.24, 2.45) is 5.92 Å². The lowest BCUT2D eigenvalue weighted by Crippen LogP contribution is -1.94. The molecule has 1 aliphatic rings. The summed E-state index contributed by atoms with van der Waals surface area (Å²) in [5.74, 6) is -1.67. The van der Waals surface area contributed by atoms with Gasteiger partial charge in [-0.05, 0) is 35.6 Å². The van der Waals surface area contributed by atoms with Crippen LogP contribution < -0.4 is 0 Å². The maximum atomic E-state index is 13.2. The second-order valence-corrected chi connectivity index (χ2v) is 3.79. The third-order valence-corrected chi connectivity index (χ3v) is 2.72. The molecule has 0 unspecified atom stereocenters. The second-order valence-electron chi connectivity index (χ2n) is 3.42. The van der Waals surface area contributed by atoms with Crippen LogP contribution in [0.3, 0.4) is 0 Å². The molecule has 14 heavy (non-hydrogen) atoms. The van der Waals surface area contributed by atoms with Gasteiger partial charge in [0.15, 0.2) is 0 Å². The van der Waals surface area contributed by atoms with Gasteiger partial charge in [0.25, 0.3) is 0 Å². The van der Waals surface area contributed by atoms with E-state index in [0.29, 0.717) is 12.0 Å². The first-order valence-electron chi connectivity index (χ1n) is 4.24. The lowest BCUT2D eigenvalue weighted by atomic mass is 10.1. The summed E-state index contributed by atoms with van der Waals surface area (Å²) in [7, 11) is 0. The highest BCUT2D eigenvalue weighted by atomic mass is 35.5. The summed E-state index contributed by atoms with van der Waals surface area (Å²) in [6.07, 6.45) is 0.560. The van der Waals surface area contributed by atoms with Gasteiger partial charge in [0.2, 0.25) is 5.24 Å². The first kappa shape index (κ1) is 9.59. The Morgan fingerprint density at radius 3 is 2.64 bits per heavy atom. The number of halogens is 3. The third-order valence-electron chi connectivity index (χ3n) is 2.44. The van der Waals surface area contributed by atoms with Crippen LogP contribution in [0.15, 0.2) is 18.2 Å². The van der Waals surface area contributed by atoms with E-state index in [-0.39, 0.29) is 11.8 Å². The molecule has 0 radical (unpaired) electrons. The molecule has 0 bridgehead atoms. The zero-order valence-electron chi connectivity index (χ0n) is 7.14. The van der Waals surface area contributed by atoms with Gasteiger partial charge in [-0.15, -0.1) is 0 Å². The summed E-state index contributed by atoms with van der Waals surface area (Å²) < 4.78 is 25.7. The van der Waals surface area contributed by atoms with Gasteiger partial charge in [-0.2, -0.15) is 0 Å². The van der Waals surface area contributed by atoms with Crippen molar-refractivity contribution in [2.45, 2.75) is 12.3 Å². The van der Waals surface area contributed by atoms with Gasteiger partial charge in [-0.1, -0.05) is 6.07 Å². The largest absolute Gasteiger partial charge is 0.281 e. The van der Waals surface area contributed by atoms with Crippen LogP contribution >= 0.6 is 11.6 Å². The topological polar surface area (TPSA) is 17.1 Å². The van der Waals surface area contributed by atoms with E-state index in [1.54, 1.807) is 0 Å². The molecule has 0 aromatic heterocycles. The van der Waals surface area contributed by atoms with Gasteiger partial charge >= 0.3 is 0 Å². The number of hydrogen-bond donors (Lipinski definition) is 0. The number of carbonyl (C=O) groups excluding carboxylic acids is 1. The van der Waals surface area contributed by atoms with Crippen LogP contribution in [0.5, 0.6) is 0 Å². The van der Waals surface area contributed by atoms with Crippen molar-refractivity contribution in [3.05, 3.63) is 35.4 Å². The standard InChI is InChI=1S/C10H7ClF2O/c11-10(14)8-4-7(8)6-2-1-5(12)3-9(6)13/h1-3,7-8H,4H2/t7-,8+/m0/s1. The Kier molecular flexibility index (Phi) is 2.27. The van der Waals surface area contributed by atoms with Crippen molar-refractivity contribution in [2.75, 3.05) is 0 Å². The molecule has 0 spiro atoms. The van der Waals surface area contributed by atoms with Crippen LogP contribution in [0.1, 0.15) is 17.9 Å². The molecule has 74 valence electrons. The Bertz CT molecular complexity index is 392. The zero-order valence-corrected chi connectivity index (χ0v) is 7.89. The highest BCUT2D eigenvalue weighted by molar-refractivity contribution is 6.64. The zero-order chi connectivity index (χ0) is 10.3. The smallest absolute Gasteiger partial charge is 0.225 e. The van der Waals surface area contributed by atoms with Gasteiger partial charge < -0.3 is 0 Å². The van der Waals surface area contributed by atoms with Crippen molar-refractivity contribution < 1.29 is 13.6 Å². The summed E-state index contributed by atoms with van der Waals surface area (Å²) in [6.45, 7) is 0. The molecule has 2 atom stereocenters. The van der Waals surface area contributed by atoms with Gasteiger partial charge in [0.1, 0.15) is 11.6 Å². The van der Waals surface area contributed by atoms with Crippen LogP contribution in [-0.2, 0) is 4.79 Å². The van der Waals surface area contributed by atoms with Crippen molar-refractivity contribution in [1.29, 1.82) is 0 Å². The van der Waals surface area contributed by atoms with Gasteiger partial charge in [-0.25, -0.2) is 8.78 Å². The minimum atomic E-state index is -0.611. The second kappa shape index (κ2) is 3.31. The molecule has 0 heterocycles. The molecule has 4 heteroatoms. The van der Waals surface area contributed by atoms with Crippen molar-refractivity contribution >= 4 is 16.8 Å². The molecule has 1 aliphatic carbocycles. The van der Waals surface area contributed by atoms with Crippen LogP contribution in [-0.4, -0.2) is 5.24 Å². The molecule has 0 aliphatic heterocycles. The van der Waals surface area contributed by atoms with Crippen LogP contribution in [0.25, 0.3) is 0 Å². The molecule has 0 amide bonds. The molecule has 2 rings (SSSR count). The SMILES string of the molecule is O=C(Cl)[C@@H]1C[C@H]1c1ccc(F)cc1F. The molecule has 1 nitrogen and oxygen atoms in total. The predicted molar refractivity (Wildman–Crippen MR) is 48.1 cm³/mol. The third kappa shape index (κ3) is 1.64. The molecule has 0 saturated heterocycles. The molecule has 1 aromatic carbocycles. The Balaban J connectivity index is 2.23. The van der Waals surface area contributed by atoms with E-state index in [9.17, 15) is 13.6 Å². The Hall–Kier alpha value is -0.960. The first-order chi connectivity index (χ1) is 6.59. The average Bonchev–Trinajstić information content (AvgIpc) is 2.83. The quantitative estimate of drug-likeness (QED) is 0.695. The number of hydrogen-bond acceptors (Lipinski definition) is 1. The molecular formula is C10H7ClF2O. The van der Waals surface area contributed by atoms with E-state index in [0.717, 1.165) is 6.07 Å². The molecular weight excluding hydrogens is 210 g/mol. The summed E-state index contributed by atoms with van der Waals surface area (Å²) in [5, 5.41) is -0.446. The normalized spacial score (nSPS) is 24.8. The van der Waals surface area contributed by atoms with Gasteiger partial charge in [0, 0.05) is 12.0 Å². The maximum Gasteiger partial charge on any atom is 0.225 e. The van der Waals surface area contributed by atoms with E-state index in [1.165, 1.54) is 12.1 Å². The van der Waals surface area contributed by atoms with Crippen molar-refractivity contribution in [3.63, 3.8) is 0 Å². The molecule has 0 N–H and O–H groups in total. The summed E-state index contributed by atoms with van der Waals surface area (Å²) in [4.78, 5) is 10.7. The van der Waals surface area contributed by atoms with Crippen LogP contribution in [0.4, 0.5) is 8.78 Å². The lowest BCUT2D eigenvalue weighted by Gasteiger charge is -2.00.